The van der Waals surface area contributed by atoms with Crippen LogP contribution in [0.5, 0.6) is 0 Å². The molecule has 0 fully saturated rings. The van der Waals surface area contributed by atoms with Crippen LogP contribution in [0.3, 0.4) is 0 Å². The van der Waals surface area contributed by atoms with E-state index in [1.807, 2.05) is 24.3 Å². The van der Waals surface area contributed by atoms with Gasteiger partial charge in [-0.1, -0.05) is 30.3 Å². The molecule has 0 aliphatic heterocycles. The van der Waals surface area contributed by atoms with Gasteiger partial charge in [-0.25, -0.2) is 0 Å². The Balaban J connectivity index is 2.56. The zero-order chi connectivity index (χ0) is 12.3. The van der Waals surface area contributed by atoms with Crippen LogP contribution >= 0.6 is 0 Å². The van der Waals surface area contributed by atoms with Crippen molar-refractivity contribution < 1.29 is 4.92 Å². The number of nitro groups is 1. The molecule has 86 valence electrons. The summed E-state index contributed by atoms with van der Waals surface area (Å²) in [5, 5.41) is 10.9. The van der Waals surface area contributed by atoms with Crippen LogP contribution in [0.15, 0.2) is 48.5 Å². The fraction of sp³-hybridized carbons (Fsp3) is 0.0769. The van der Waals surface area contributed by atoms with Gasteiger partial charge in [0, 0.05) is 12.6 Å². The van der Waals surface area contributed by atoms with Crippen molar-refractivity contribution >= 4 is 5.69 Å². The first kappa shape index (κ1) is 11.3. The number of hydrogen-bond acceptors (Lipinski definition) is 3. The molecule has 4 nitrogen and oxygen atoms in total. The van der Waals surface area contributed by atoms with Crippen molar-refractivity contribution in [1.82, 2.24) is 0 Å². The first-order valence-corrected chi connectivity index (χ1v) is 5.25. The van der Waals surface area contributed by atoms with E-state index >= 15 is 0 Å². The minimum Gasteiger partial charge on any atom is -0.326 e. The summed E-state index contributed by atoms with van der Waals surface area (Å²) in [5.74, 6) is 0. The zero-order valence-electron chi connectivity index (χ0n) is 9.17. The standard InChI is InChI=1S/C13H12N2O2/c14-9-10-4-3-5-11(8-10)12-6-1-2-7-13(12)15(16)17/h1-8H,9,14H2. The lowest BCUT2D eigenvalue weighted by atomic mass is 10.0. The smallest absolute Gasteiger partial charge is 0.277 e. The number of nitrogens with two attached hydrogens (primary N) is 1. The van der Waals surface area contributed by atoms with Gasteiger partial charge in [0.1, 0.15) is 0 Å². The van der Waals surface area contributed by atoms with Gasteiger partial charge in [-0.15, -0.1) is 0 Å². The van der Waals surface area contributed by atoms with Crippen LogP contribution in [0.1, 0.15) is 5.56 Å². The largest absolute Gasteiger partial charge is 0.326 e. The van der Waals surface area contributed by atoms with Gasteiger partial charge in [0.05, 0.1) is 10.5 Å². The second-order valence-corrected chi connectivity index (χ2v) is 3.68. The topological polar surface area (TPSA) is 69.2 Å². The monoisotopic (exact) mass is 228 g/mol. The molecule has 0 aliphatic rings. The van der Waals surface area contributed by atoms with Crippen molar-refractivity contribution in [2.45, 2.75) is 6.54 Å². The molecule has 0 saturated carbocycles. The first-order valence-electron chi connectivity index (χ1n) is 5.25. The van der Waals surface area contributed by atoms with Crippen molar-refractivity contribution in [3.63, 3.8) is 0 Å². The highest BCUT2D eigenvalue weighted by Crippen LogP contribution is 2.29. The fourth-order valence-corrected chi connectivity index (χ4v) is 1.74. The molecule has 0 unspecified atom stereocenters. The highest BCUT2D eigenvalue weighted by Gasteiger charge is 2.13. The van der Waals surface area contributed by atoms with E-state index in [0.717, 1.165) is 11.1 Å². The van der Waals surface area contributed by atoms with E-state index in [0.29, 0.717) is 12.1 Å². The number of nitro benzene ring substituents is 1. The highest BCUT2D eigenvalue weighted by molar-refractivity contribution is 5.73. The molecule has 4 heteroatoms. The summed E-state index contributed by atoms with van der Waals surface area (Å²) >= 11 is 0. The van der Waals surface area contributed by atoms with Crippen LogP contribution < -0.4 is 5.73 Å². The maximum absolute atomic E-state index is 10.9. The van der Waals surface area contributed by atoms with Gasteiger partial charge in [0.15, 0.2) is 0 Å². The Bertz CT molecular complexity index is 553. The molecule has 2 rings (SSSR count). The van der Waals surface area contributed by atoms with Gasteiger partial charge in [0.2, 0.25) is 0 Å². The summed E-state index contributed by atoms with van der Waals surface area (Å²) in [5.41, 5.74) is 8.07. The van der Waals surface area contributed by atoms with Crippen molar-refractivity contribution in [2.75, 3.05) is 0 Å². The van der Waals surface area contributed by atoms with Crippen LogP contribution in [0.25, 0.3) is 11.1 Å². The number of rotatable bonds is 3. The zero-order valence-corrected chi connectivity index (χ0v) is 9.17. The Morgan fingerprint density at radius 2 is 1.88 bits per heavy atom. The molecule has 2 aromatic carbocycles. The molecule has 0 radical (unpaired) electrons. The maximum atomic E-state index is 10.9. The summed E-state index contributed by atoms with van der Waals surface area (Å²) in [4.78, 5) is 10.6. The van der Waals surface area contributed by atoms with E-state index in [-0.39, 0.29) is 10.6 Å². The summed E-state index contributed by atoms with van der Waals surface area (Å²) in [7, 11) is 0. The van der Waals surface area contributed by atoms with Crippen molar-refractivity contribution in [3.05, 3.63) is 64.2 Å². The molecule has 0 aromatic heterocycles. The molecule has 2 N–H and O–H groups in total. The predicted molar refractivity (Wildman–Crippen MR) is 66.4 cm³/mol. The minimum atomic E-state index is -0.371. The molecule has 0 atom stereocenters. The number of para-hydroxylation sites is 1. The van der Waals surface area contributed by atoms with E-state index < -0.39 is 0 Å². The van der Waals surface area contributed by atoms with Gasteiger partial charge >= 0.3 is 0 Å². The molecule has 0 saturated heterocycles. The van der Waals surface area contributed by atoms with Crippen LogP contribution in [0.4, 0.5) is 5.69 Å². The van der Waals surface area contributed by atoms with Gasteiger partial charge in [-0.3, -0.25) is 10.1 Å². The van der Waals surface area contributed by atoms with Crippen molar-refractivity contribution in [2.24, 2.45) is 5.73 Å². The SMILES string of the molecule is NCc1cccc(-c2ccccc2[N+](=O)[O-])c1. The fourth-order valence-electron chi connectivity index (χ4n) is 1.74. The second-order valence-electron chi connectivity index (χ2n) is 3.68. The summed E-state index contributed by atoms with van der Waals surface area (Å²) in [6.45, 7) is 0.425. The third-order valence-corrected chi connectivity index (χ3v) is 2.57. The molecule has 0 aliphatic carbocycles. The van der Waals surface area contributed by atoms with Crippen LogP contribution in [-0.2, 0) is 6.54 Å². The second kappa shape index (κ2) is 4.76. The molecular weight excluding hydrogens is 216 g/mol. The molecule has 17 heavy (non-hydrogen) atoms. The average molecular weight is 228 g/mol. The number of benzene rings is 2. The van der Waals surface area contributed by atoms with Gasteiger partial charge in [-0.2, -0.15) is 0 Å². The van der Waals surface area contributed by atoms with E-state index in [1.54, 1.807) is 18.2 Å². The highest BCUT2D eigenvalue weighted by atomic mass is 16.6. The Morgan fingerprint density at radius 3 is 2.59 bits per heavy atom. The van der Waals surface area contributed by atoms with Crippen molar-refractivity contribution in [3.8, 4) is 11.1 Å². The number of nitrogens with zero attached hydrogens (tertiary/aromatic N) is 1. The average Bonchev–Trinajstić information content (AvgIpc) is 2.39. The van der Waals surface area contributed by atoms with Crippen LogP contribution in [0, 0.1) is 10.1 Å². The van der Waals surface area contributed by atoms with Crippen molar-refractivity contribution in [1.29, 1.82) is 0 Å². The molecule has 2 aromatic rings. The Kier molecular flexibility index (Phi) is 3.16. The quantitative estimate of drug-likeness (QED) is 0.648. The lowest BCUT2D eigenvalue weighted by Gasteiger charge is -2.04. The Hall–Kier alpha value is -2.20. The lowest BCUT2D eigenvalue weighted by molar-refractivity contribution is -0.384. The normalized spacial score (nSPS) is 10.2. The summed E-state index contributed by atoms with van der Waals surface area (Å²) < 4.78 is 0. The lowest BCUT2D eigenvalue weighted by Crippen LogP contribution is -1.96. The van der Waals surface area contributed by atoms with E-state index in [2.05, 4.69) is 0 Å². The third kappa shape index (κ3) is 2.32. The molecule has 0 heterocycles. The van der Waals surface area contributed by atoms with E-state index in [4.69, 9.17) is 5.73 Å². The third-order valence-electron chi connectivity index (χ3n) is 2.57. The van der Waals surface area contributed by atoms with Gasteiger partial charge < -0.3 is 5.73 Å². The number of hydrogen-bond donors (Lipinski definition) is 1. The van der Waals surface area contributed by atoms with Crippen LogP contribution in [0.2, 0.25) is 0 Å². The summed E-state index contributed by atoms with van der Waals surface area (Å²) in [6.07, 6.45) is 0. The Labute approximate surface area is 98.8 Å². The Morgan fingerprint density at radius 1 is 1.12 bits per heavy atom. The van der Waals surface area contributed by atoms with Crippen LogP contribution in [-0.4, -0.2) is 4.92 Å². The molecule has 0 bridgehead atoms. The summed E-state index contributed by atoms with van der Waals surface area (Å²) in [6, 6.07) is 14.2. The molecular formula is C13H12N2O2. The van der Waals surface area contributed by atoms with Gasteiger partial charge in [0.25, 0.3) is 5.69 Å². The predicted octanol–water partition coefficient (Wildman–Crippen LogP) is 2.72. The molecule has 0 spiro atoms. The van der Waals surface area contributed by atoms with Gasteiger partial charge in [-0.05, 0) is 23.3 Å². The van der Waals surface area contributed by atoms with E-state index in [1.165, 1.54) is 6.07 Å². The first-order chi connectivity index (χ1) is 8.22. The molecule has 0 amide bonds. The van der Waals surface area contributed by atoms with E-state index in [9.17, 15) is 10.1 Å². The maximum Gasteiger partial charge on any atom is 0.277 e. The minimum absolute atomic E-state index is 0.113.